The first-order chi connectivity index (χ1) is 14.5. The highest BCUT2D eigenvalue weighted by atomic mass is 16.5. The van der Waals surface area contributed by atoms with E-state index in [1.54, 1.807) is 24.3 Å². The van der Waals surface area contributed by atoms with Crippen LogP contribution in [0, 0.1) is 0 Å². The summed E-state index contributed by atoms with van der Waals surface area (Å²) in [5.41, 5.74) is 2.67. The number of nitrogens with zero attached hydrogens (tertiary/aromatic N) is 1. The van der Waals surface area contributed by atoms with Crippen LogP contribution in [0.25, 0.3) is 0 Å². The molecule has 0 unspecified atom stereocenters. The summed E-state index contributed by atoms with van der Waals surface area (Å²) in [6.45, 7) is 3.39. The average Bonchev–Trinajstić information content (AvgIpc) is 2.72. The topological polar surface area (TPSA) is 89.5 Å². The third-order valence-electron chi connectivity index (χ3n) is 4.01. The normalized spacial score (nSPS) is 10.2. The predicted molar refractivity (Wildman–Crippen MR) is 114 cm³/mol. The van der Waals surface area contributed by atoms with E-state index in [4.69, 9.17) is 9.47 Å². The zero-order chi connectivity index (χ0) is 21.3. The zero-order valence-electron chi connectivity index (χ0n) is 16.8. The zero-order valence-corrected chi connectivity index (χ0v) is 16.8. The van der Waals surface area contributed by atoms with Gasteiger partial charge in [-0.15, -0.1) is 0 Å². The lowest BCUT2D eigenvalue weighted by Crippen LogP contribution is -2.09. The molecule has 30 heavy (non-hydrogen) atoms. The molecule has 1 heterocycles. The van der Waals surface area contributed by atoms with Gasteiger partial charge in [0.2, 0.25) is 11.8 Å². The minimum absolute atomic E-state index is 0.164. The molecule has 0 atom stereocenters. The van der Waals surface area contributed by atoms with Crippen LogP contribution < -0.4 is 20.1 Å². The Morgan fingerprint density at radius 3 is 1.57 bits per heavy atom. The average molecular weight is 405 g/mol. The number of hydrogen-bond donors (Lipinski definition) is 2. The monoisotopic (exact) mass is 405 g/mol. The quantitative estimate of drug-likeness (QED) is 0.587. The van der Waals surface area contributed by atoms with E-state index in [-0.39, 0.29) is 25.0 Å². The molecular formula is C23H23N3O4. The number of nitrogens with one attached hydrogen (secondary N) is 2. The van der Waals surface area contributed by atoms with E-state index in [1.165, 1.54) is 13.8 Å². The maximum atomic E-state index is 11.3. The van der Waals surface area contributed by atoms with Gasteiger partial charge < -0.3 is 20.1 Å². The minimum atomic E-state index is -0.164. The van der Waals surface area contributed by atoms with Crippen molar-refractivity contribution in [3.8, 4) is 11.5 Å². The Balaban J connectivity index is 1.64. The van der Waals surface area contributed by atoms with Crippen LogP contribution in [0.4, 0.5) is 11.4 Å². The molecule has 1 aromatic heterocycles. The summed E-state index contributed by atoms with van der Waals surface area (Å²) in [6, 6.07) is 20.1. The highest BCUT2D eigenvalue weighted by Gasteiger charge is 2.08. The van der Waals surface area contributed by atoms with E-state index in [2.05, 4.69) is 15.6 Å². The molecule has 7 heteroatoms. The van der Waals surface area contributed by atoms with Gasteiger partial charge in [-0.05, 0) is 36.4 Å². The fraction of sp³-hybridized carbons (Fsp3) is 0.174. The Kier molecular flexibility index (Phi) is 7.00. The third kappa shape index (κ3) is 6.07. The van der Waals surface area contributed by atoms with Crippen molar-refractivity contribution in [1.29, 1.82) is 0 Å². The number of pyridine rings is 1. The Morgan fingerprint density at radius 2 is 1.13 bits per heavy atom. The van der Waals surface area contributed by atoms with Gasteiger partial charge in [0, 0.05) is 13.8 Å². The summed E-state index contributed by atoms with van der Waals surface area (Å²) in [6.07, 6.45) is 0. The Morgan fingerprint density at radius 1 is 0.700 bits per heavy atom. The first-order valence-electron chi connectivity index (χ1n) is 9.45. The molecule has 0 bridgehead atoms. The molecule has 0 saturated heterocycles. The summed E-state index contributed by atoms with van der Waals surface area (Å²) in [5, 5.41) is 5.49. The van der Waals surface area contributed by atoms with E-state index in [0.717, 1.165) is 11.4 Å². The van der Waals surface area contributed by atoms with Crippen LogP contribution in [0.15, 0.2) is 66.7 Å². The lowest BCUT2D eigenvalue weighted by atomic mass is 10.2. The van der Waals surface area contributed by atoms with Crippen LogP contribution in [0.3, 0.4) is 0 Å². The molecule has 154 valence electrons. The maximum Gasteiger partial charge on any atom is 0.221 e. The molecular weight excluding hydrogens is 382 g/mol. The van der Waals surface area contributed by atoms with Crippen molar-refractivity contribution < 1.29 is 19.1 Å². The Bertz CT molecular complexity index is 957. The lowest BCUT2D eigenvalue weighted by Gasteiger charge is -2.13. The highest BCUT2D eigenvalue weighted by molar-refractivity contribution is 5.90. The van der Waals surface area contributed by atoms with Crippen molar-refractivity contribution in [2.24, 2.45) is 0 Å². The smallest absolute Gasteiger partial charge is 0.221 e. The third-order valence-corrected chi connectivity index (χ3v) is 4.01. The Labute approximate surface area is 175 Å². The van der Waals surface area contributed by atoms with Crippen molar-refractivity contribution in [2.75, 3.05) is 10.6 Å². The van der Waals surface area contributed by atoms with E-state index in [0.29, 0.717) is 22.9 Å². The number of para-hydroxylation sites is 4. The van der Waals surface area contributed by atoms with Crippen LogP contribution in [-0.2, 0) is 22.8 Å². The van der Waals surface area contributed by atoms with Crippen molar-refractivity contribution in [3.63, 3.8) is 0 Å². The van der Waals surface area contributed by atoms with Gasteiger partial charge in [0.05, 0.1) is 22.8 Å². The second kappa shape index (κ2) is 10.1. The number of carbonyl (C=O) groups is 2. The molecule has 0 aliphatic carbocycles. The molecule has 0 aliphatic heterocycles. The summed E-state index contributed by atoms with van der Waals surface area (Å²) < 4.78 is 11.7. The first kappa shape index (κ1) is 20.9. The van der Waals surface area contributed by atoms with Gasteiger partial charge in [-0.2, -0.15) is 0 Å². The van der Waals surface area contributed by atoms with E-state index < -0.39 is 0 Å². The molecule has 7 nitrogen and oxygen atoms in total. The van der Waals surface area contributed by atoms with Gasteiger partial charge in [0.1, 0.15) is 24.7 Å². The molecule has 0 radical (unpaired) electrons. The van der Waals surface area contributed by atoms with Gasteiger partial charge in [0.25, 0.3) is 0 Å². The van der Waals surface area contributed by atoms with Crippen molar-refractivity contribution in [3.05, 3.63) is 78.1 Å². The molecule has 0 fully saturated rings. The van der Waals surface area contributed by atoms with Crippen LogP contribution >= 0.6 is 0 Å². The molecule has 0 saturated carbocycles. The van der Waals surface area contributed by atoms with Crippen LogP contribution in [-0.4, -0.2) is 16.8 Å². The van der Waals surface area contributed by atoms with Crippen molar-refractivity contribution >= 4 is 23.2 Å². The number of anilines is 2. The standard InChI is InChI=1S/C23H23N3O4/c1-16(27)24-20-10-3-5-12-22(20)29-14-18-8-7-9-19(26-18)15-30-23-13-6-4-11-21(23)25-17(2)28/h3-13H,14-15H2,1-2H3,(H,24,27)(H,25,28). The summed E-state index contributed by atoms with van der Waals surface area (Å²) in [5.74, 6) is 0.812. The largest absolute Gasteiger partial charge is 0.485 e. The van der Waals surface area contributed by atoms with Gasteiger partial charge in [-0.1, -0.05) is 30.3 Å². The predicted octanol–water partition coefficient (Wildman–Crippen LogP) is 4.16. The van der Waals surface area contributed by atoms with Crippen LogP contribution in [0.2, 0.25) is 0 Å². The molecule has 2 amide bonds. The number of benzene rings is 2. The number of ether oxygens (including phenoxy) is 2. The van der Waals surface area contributed by atoms with Gasteiger partial charge in [-0.3, -0.25) is 14.6 Å². The van der Waals surface area contributed by atoms with E-state index in [1.807, 2.05) is 42.5 Å². The number of aromatic nitrogens is 1. The number of amides is 2. The highest BCUT2D eigenvalue weighted by Crippen LogP contribution is 2.25. The lowest BCUT2D eigenvalue weighted by molar-refractivity contribution is -0.115. The molecule has 3 aromatic rings. The molecule has 2 N–H and O–H groups in total. The first-order valence-corrected chi connectivity index (χ1v) is 9.45. The molecule has 3 rings (SSSR count). The van der Waals surface area contributed by atoms with Crippen LogP contribution in [0.5, 0.6) is 11.5 Å². The second-order valence-corrected chi connectivity index (χ2v) is 6.55. The fourth-order valence-corrected chi connectivity index (χ4v) is 2.76. The van der Waals surface area contributed by atoms with E-state index in [9.17, 15) is 9.59 Å². The summed E-state index contributed by atoms with van der Waals surface area (Å²) >= 11 is 0. The summed E-state index contributed by atoms with van der Waals surface area (Å²) in [4.78, 5) is 27.2. The molecule has 0 spiro atoms. The molecule has 2 aromatic carbocycles. The fourth-order valence-electron chi connectivity index (χ4n) is 2.76. The van der Waals surface area contributed by atoms with Crippen molar-refractivity contribution in [2.45, 2.75) is 27.1 Å². The van der Waals surface area contributed by atoms with Gasteiger partial charge >= 0.3 is 0 Å². The SMILES string of the molecule is CC(=O)Nc1ccccc1OCc1cccc(COc2ccccc2NC(C)=O)n1. The number of hydrogen-bond acceptors (Lipinski definition) is 5. The molecule has 0 aliphatic rings. The second-order valence-electron chi connectivity index (χ2n) is 6.55. The minimum Gasteiger partial charge on any atom is -0.485 e. The summed E-state index contributed by atoms with van der Waals surface area (Å²) in [7, 11) is 0. The van der Waals surface area contributed by atoms with E-state index >= 15 is 0 Å². The van der Waals surface area contributed by atoms with Gasteiger partial charge in [0.15, 0.2) is 0 Å². The number of carbonyl (C=O) groups excluding carboxylic acids is 2. The van der Waals surface area contributed by atoms with Gasteiger partial charge in [-0.25, -0.2) is 0 Å². The van der Waals surface area contributed by atoms with Crippen LogP contribution in [0.1, 0.15) is 25.2 Å². The number of rotatable bonds is 8. The maximum absolute atomic E-state index is 11.3. The van der Waals surface area contributed by atoms with Crippen molar-refractivity contribution in [1.82, 2.24) is 4.98 Å². The Hall–Kier alpha value is -3.87.